The second kappa shape index (κ2) is 6.94. The summed E-state index contributed by atoms with van der Waals surface area (Å²) in [5.41, 5.74) is 1.15. The number of rotatable bonds is 6. The number of likely N-dealkylation sites (N-methyl/N-ethyl adjacent to an activating group) is 2. The predicted molar refractivity (Wildman–Crippen MR) is 75.9 cm³/mol. The van der Waals surface area contributed by atoms with Gasteiger partial charge in [-0.2, -0.15) is 0 Å². The van der Waals surface area contributed by atoms with Gasteiger partial charge in [0.15, 0.2) is 0 Å². The summed E-state index contributed by atoms with van der Waals surface area (Å²) in [6.45, 7) is 1.47. The third-order valence-electron chi connectivity index (χ3n) is 2.80. The van der Waals surface area contributed by atoms with Crippen LogP contribution in [-0.2, 0) is 0 Å². The summed E-state index contributed by atoms with van der Waals surface area (Å²) in [6.07, 6.45) is 1.60. The first-order valence-electron chi connectivity index (χ1n) is 6.11. The molecule has 1 amide bonds. The van der Waals surface area contributed by atoms with Crippen molar-refractivity contribution in [2.45, 2.75) is 0 Å². The van der Waals surface area contributed by atoms with Gasteiger partial charge in [-0.15, -0.1) is 0 Å². The quantitative estimate of drug-likeness (QED) is 0.824. The molecular formula is C13H22N4O2. The van der Waals surface area contributed by atoms with Crippen molar-refractivity contribution in [3.8, 4) is 5.75 Å². The number of carbonyl (C=O) groups is 1. The average Bonchev–Trinajstić information content (AvgIpc) is 2.42. The van der Waals surface area contributed by atoms with E-state index in [1.807, 2.05) is 19.0 Å². The van der Waals surface area contributed by atoms with E-state index in [0.717, 1.165) is 12.2 Å². The van der Waals surface area contributed by atoms with Gasteiger partial charge >= 0.3 is 0 Å². The predicted octanol–water partition coefficient (Wildman–Crippen LogP) is 0.766. The second-order valence-corrected chi connectivity index (χ2v) is 4.55. The fraction of sp³-hybridized carbons (Fsp3) is 0.538. The highest BCUT2D eigenvalue weighted by Gasteiger charge is 2.15. The summed E-state index contributed by atoms with van der Waals surface area (Å²) in [4.78, 5) is 20.0. The van der Waals surface area contributed by atoms with Crippen molar-refractivity contribution in [2.75, 3.05) is 53.7 Å². The minimum absolute atomic E-state index is 0.109. The summed E-state index contributed by atoms with van der Waals surface area (Å²) in [5, 5.41) is 2.96. The van der Waals surface area contributed by atoms with Crippen molar-refractivity contribution in [3.05, 3.63) is 18.0 Å². The number of hydrogen-bond donors (Lipinski definition) is 1. The van der Waals surface area contributed by atoms with Crippen LogP contribution in [-0.4, -0.2) is 69.1 Å². The smallest absolute Gasteiger partial charge is 0.272 e. The minimum Gasteiger partial charge on any atom is -0.494 e. The highest BCUT2D eigenvalue weighted by atomic mass is 16.5. The third kappa shape index (κ3) is 4.10. The van der Waals surface area contributed by atoms with Crippen LogP contribution in [0.15, 0.2) is 12.3 Å². The lowest BCUT2D eigenvalue weighted by Gasteiger charge is -2.19. The normalized spacial score (nSPS) is 10.4. The van der Waals surface area contributed by atoms with Crippen molar-refractivity contribution >= 4 is 11.6 Å². The van der Waals surface area contributed by atoms with Crippen LogP contribution in [0.1, 0.15) is 10.5 Å². The number of ether oxygens (including phenoxy) is 1. The van der Waals surface area contributed by atoms with Gasteiger partial charge in [0.25, 0.3) is 5.91 Å². The van der Waals surface area contributed by atoms with Gasteiger partial charge in [0.05, 0.1) is 19.0 Å². The molecule has 0 aliphatic carbocycles. The number of methoxy groups -OCH3 is 1. The number of nitrogens with one attached hydrogen (secondary N) is 1. The lowest BCUT2D eigenvalue weighted by Crippen LogP contribution is -2.33. The monoisotopic (exact) mass is 266 g/mol. The van der Waals surface area contributed by atoms with E-state index >= 15 is 0 Å². The Morgan fingerprint density at radius 2 is 2.05 bits per heavy atom. The molecule has 0 saturated carbocycles. The molecule has 19 heavy (non-hydrogen) atoms. The molecule has 0 spiro atoms. The van der Waals surface area contributed by atoms with Gasteiger partial charge in [0.2, 0.25) is 0 Å². The van der Waals surface area contributed by atoms with Crippen LogP contribution in [0.3, 0.4) is 0 Å². The summed E-state index contributed by atoms with van der Waals surface area (Å²) in [7, 11) is 9.07. The van der Waals surface area contributed by atoms with Crippen LogP contribution in [0.4, 0.5) is 5.69 Å². The van der Waals surface area contributed by atoms with E-state index in [9.17, 15) is 4.79 Å². The van der Waals surface area contributed by atoms with Gasteiger partial charge in [-0.05, 0) is 14.1 Å². The Hall–Kier alpha value is -1.82. The lowest BCUT2D eigenvalue weighted by atomic mass is 10.2. The van der Waals surface area contributed by atoms with Crippen molar-refractivity contribution in [2.24, 2.45) is 0 Å². The Labute approximate surface area is 114 Å². The Morgan fingerprint density at radius 3 is 2.58 bits per heavy atom. The van der Waals surface area contributed by atoms with Crippen LogP contribution in [0, 0.1) is 0 Å². The molecule has 1 heterocycles. The molecule has 106 valence electrons. The Morgan fingerprint density at radius 1 is 1.37 bits per heavy atom. The first-order valence-corrected chi connectivity index (χ1v) is 6.11. The second-order valence-electron chi connectivity index (χ2n) is 4.55. The van der Waals surface area contributed by atoms with E-state index in [1.165, 1.54) is 0 Å². The number of carbonyl (C=O) groups excluding carboxylic acids is 1. The highest BCUT2D eigenvalue weighted by molar-refractivity contribution is 5.93. The molecular weight excluding hydrogens is 244 g/mol. The zero-order chi connectivity index (χ0) is 14.4. The average molecular weight is 266 g/mol. The SMILES string of the molecule is CNc1cnc(C(=O)N(C)CCN(C)C)cc1OC. The summed E-state index contributed by atoms with van der Waals surface area (Å²) >= 11 is 0. The number of amides is 1. The van der Waals surface area contributed by atoms with Crippen LogP contribution in [0.5, 0.6) is 5.75 Å². The molecule has 0 atom stereocenters. The highest BCUT2D eigenvalue weighted by Crippen LogP contribution is 2.23. The van der Waals surface area contributed by atoms with Gasteiger partial charge in [-0.25, -0.2) is 4.98 Å². The number of anilines is 1. The summed E-state index contributed by atoms with van der Waals surface area (Å²) in [6, 6.07) is 1.65. The molecule has 0 fully saturated rings. The zero-order valence-corrected chi connectivity index (χ0v) is 12.2. The molecule has 0 unspecified atom stereocenters. The molecule has 1 rings (SSSR count). The lowest BCUT2D eigenvalue weighted by molar-refractivity contribution is 0.0780. The van der Waals surface area contributed by atoms with Crippen LogP contribution in [0.2, 0.25) is 0 Å². The van der Waals surface area contributed by atoms with E-state index in [-0.39, 0.29) is 5.91 Å². The molecule has 1 aromatic rings. The Kier molecular flexibility index (Phi) is 5.57. The molecule has 1 N–H and O–H groups in total. The Balaban J connectivity index is 2.81. The molecule has 6 nitrogen and oxygen atoms in total. The summed E-state index contributed by atoms with van der Waals surface area (Å²) < 4.78 is 5.22. The van der Waals surface area contributed by atoms with Gasteiger partial charge in [-0.3, -0.25) is 4.79 Å². The van der Waals surface area contributed by atoms with E-state index in [4.69, 9.17) is 4.74 Å². The molecule has 1 aromatic heterocycles. The maximum absolute atomic E-state index is 12.2. The molecule has 0 bridgehead atoms. The van der Waals surface area contributed by atoms with Crippen LogP contribution in [0.25, 0.3) is 0 Å². The number of pyridine rings is 1. The summed E-state index contributed by atoms with van der Waals surface area (Å²) in [5.74, 6) is 0.504. The number of hydrogen-bond acceptors (Lipinski definition) is 5. The molecule has 0 radical (unpaired) electrons. The van der Waals surface area contributed by atoms with Crippen molar-refractivity contribution in [1.29, 1.82) is 0 Å². The molecule has 0 aromatic carbocycles. The molecule has 6 heteroatoms. The zero-order valence-electron chi connectivity index (χ0n) is 12.2. The van der Waals surface area contributed by atoms with Gasteiger partial charge in [0, 0.05) is 33.3 Å². The van der Waals surface area contributed by atoms with E-state index in [1.54, 1.807) is 38.4 Å². The fourth-order valence-electron chi connectivity index (χ4n) is 1.56. The Bertz CT molecular complexity index is 435. The van der Waals surface area contributed by atoms with Crippen LogP contribution < -0.4 is 10.1 Å². The van der Waals surface area contributed by atoms with E-state index in [2.05, 4.69) is 10.3 Å². The maximum Gasteiger partial charge on any atom is 0.272 e. The van der Waals surface area contributed by atoms with Crippen molar-refractivity contribution in [1.82, 2.24) is 14.8 Å². The molecule has 0 saturated heterocycles. The van der Waals surface area contributed by atoms with Gasteiger partial charge in [0.1, 0.15) is 11.4 Å². The number of aromatic nitrogens is 1. The van der Waals surface area contributed by atoms with Crippen molar-refractivity contribution in [3.63, 3.8) is 0 Å². The first kappa shape index (κ1) is 15.2. The fourth-order valence-corrected chi connectivity index (χ4v) is 1.56. The molecule has 0 aliphatic heterocycles. The first-order chi connectivity index (χ1) is 8.99. The standard InChI is InChI=1S/C13H22N4O2/c1-14-11-9-15-10(8-12(11)19-5)13(18)17(4)7-6-16(2)3/h8-9,14H,6-7H2,1-5H3. The van der Waals surface area contributed by atoms with E-state index in [0.29, 0.717) is 18.0 Å². The minimum atomic E-state index is -0.109. The largest absolute Gasteiger partial charge is 0.494 e. The van der Waals surface area contributed by atoms with Crippen molar-refractivity contribution < 1.29 is 9.53 Å². The third-order valence-corrected chi connectivity index (χ3v) is 2.80. The number of nitrogens with zero attached hydrogens (tertiary/aromatic N) is 3. The maximum atomic E-state index is 12.2. The topological polar surface area (TPSA) is 57.7 Å². The van der Waals surface area contributed by atoms with E-state index < -0.39 is 0 Å². The van der Waals surface area contributed by atoms with Crippen LogP contribution >= 0.6 is 0 Å². The molecule has 0 aliphatic rings. The van der Waals surface area contributed by atoms with Gasteiger partial charge in [-0.1, -0.05) is 0 Å². The van der Waals surface area contributed by atoms with Gasteiger partial charge < -0.3 is 19.9 Å².